The minimum atomic E-state index is -0.837. The lowest BCUT2D eigenvalue weighted by atomic mass is 9.73. The van der Waals surface area contributed by atoms with Crippen LogP contribution >= 0.6 is 0 Å². The number of carboxylic acid groups (broad SMARTS) is 1. The van der Waals surface area contributed by atoms with E-state index in [2.05, 4.69) is 6.92 Å². The Morgan fingerprint density at radius 3 is 2.60 bits per heavy atom. The van der Waals surface area contributed by atoms with Gasteiger partial charge < -0.3 is 10.0 Å². The molecule has 4 heteroatoms. The fourth-order valence-corrected chi connectivity index (χ4v) is 2.73. The van der Waals surface area contributed by atoms with Crippen LogP contribution in [0.15, 0.2) is 0 Å². The van der Waals surface area contributed by atoms with Crippen LogP contribution in [0.3, 0.4) is 0 Å². The van der Waals surface area contributed by atoms with Gasteiger partial charge in [0.15, 0.2) is 0 Å². The van der Waals surface area contributed by atoms with E-state index in [1.165, 1.54) is 0 Å². The highest BCUT2D eigenvalue weighted by atomic mass is 16.4. The predicted octanol–water partition coefficient (Wildman–Crippen LogP) is 1.25. The summed E-state index contributed by atoms with van der Waals surface area (Å²) >= 11 is 0. The van der Waals surface area contributed by atoms with Gasteiger partial charge >= 0.3 is 5.97 Å². The smallest absolute Gasteiger partial charge is 0.308 e. The third kappa shape index (κ3) is 1.52. The maximum atomic E-state index is 11.8. The SMILES string of the molecule is CCC1(N2CC(C(=O)O)CC2=O)CCC1. The molecule has 84 valence electrons. The van der Waals surface area contributed by atoms with E-state index in [0.717, 1.165) is 25.7 Å². The number of aliphatic carboxylic acids is 1. The van der Waals surface area contributed by atoms with Crippen molar-refractivity contribution in [3.05, 3.63) is 0 Å². The van der Waals surface area contributed by atoms with Gasteiger partial charge in [-0.1, -0.05) is 6.92 Å². The number of carboxylic acids is 1. The summed E-state index contributed by atoms with van der Waals surface area (Å²) in [5.74, 6) is -1.29. The van der Waals surface area contributed by atoms with Gasteiger partial charge in [0.05, 0.1) is 5.92 Å². The fraction of sp³-hybridized carbons (Fsp3) is 0.818. The lowest BCUT2D eigenvalue weighted by molar-refractivity contribution is -0.141. The first-order chi connectivity index (χ1) is 7.09. The molecule has 0 aromatic carbocycles. The van der Waals surface area contributed by atoms with Crippen LogP contribution in [-0.4, -0.2) is 34.0 Å². The largest absolute Gasteiger partial charge is 0.481 e. The van der Waals surface area contributed by atoms with E-state index in [4.69, 9.17) is 5.11 Å². The summed E-state index contributed by atoms with van der Waals surface area (Å²) < 4.78 is 0. The van der Waals surface area contributed by atoms with Crippen LogP contribution in [0.1, 0.15) is 39.0 Å². The molecule has 0 spiro atoms. The molecule has 1 unspecified atom stereocenters. The van der Waals surface area contributed by atoms with Gasteiger partial charge in [-0.25, -0.2) is 0 Å². The Balaban J connectivity index is 2.10. The van der Waals surface area contributed by atoms with Crippen molar-refractivity contribution in [3.8, 4) is 0 Å². The molecule has 2 rings (SSSR count). The number of carbonyl (C=O) groups is 2. The predicted molar refractivity (Wildman–Crippen MR) is 54.3 cm³/mol. The third-order valence-electron chi connectivity index (χ3n) is 3.99. The van der Waals surface area contributed by atoms with E-state index in [0.29, 0.717) is 6.54 Å². The molecule has 1 amide bonds. The molecular weight excluding hydrogens is 194 g/mol. The third-order valence-corrected chi connectivity index (χ3v) is 3.99. The molecule has 1 saturated carbocycles. The summed E-state index contributed by atoms with van der Waals surface area (Å²) in [4.78, 5) is 24.4. The van der Waals surface area contributed by atoms with Gasteiger partial charge in [0, 0.05) is 18.5 Å². The topological polar surface area (TPSA) is 57.6 Å². The van der Waals surface area contributed by atoms with Crippen LogP contribution in [0, 0.1) is 5.92 Å². The van der Waals surface area contributed by atoms with Gasteiger partial charge in [-0.15, -0.1) is 0 Å². The molecule has 2 fully saturated rings. The lowest BCUT2D eigenvalue weighted by Crippen LogP contribution is -2.54. The van der Waals surface area contributed by atoms with Crippen molar-refractivity contribution in [2.75, 3.05) is 6.54 Å². The summed E-state index contributed by atoms with van der Waals surface area (Å²) in [7, 11) is 0. The van der Waals surface area contributed by atoms with E-state index >= 15 is 0 Å². The van der Waals surface area contributed by atoms with Gasteiger partial charge in [-0.2, -0.15) is 0 Å². The zero-order chi connectivity index (χ0) is 11.1. The second-order valence-corrected chi connectivity index (χ2v) is 4.68. The molecule has 0 aromatic rings. The molecule has 0 aromatic heterocycles. The molecule has 0 bridgehead atoms. The van der Waals surface area contributed by atoms with Crippen LogP contribution in [-0.2, 0) is 9.59 Å². The molecule has 15 heavy (non-hydrogen) atoms. The number of carbonyl (C=O) groups excluding carboxylic acids is 1. The van der Waals surface area contributed by atoms with Gasteiger partial charge in [-0.3, -0.25) is 9.59 Å². The Labute approximate surface area is 89.3 Å². The van der Waals surface area contributed by atoms with Crippen molar-refractivity contribution in [1.82, 2.24) is 4.90 Å². The van der Waals surface area contributed by atoms with E-state index in [1.54, 1.807) is 0 Å². The Kier molecular flexibility index (Phi) is 2.44. The highest BCUT2D eigenvalue weighted by molar-refractivity contribution is 5.86. The van der Waals surface area contributed by atoms with E-state index < -0.39 is 11.9 Å². The van der Waals surface area contributed by atoms with Crippen molar-refractivity contribution >= 4 is 11.9 Å². The maximum absolute atomic E-state index is 11.8. The highest BCUT2D eigenvalue weighted by Gasteiger charge is 2.48. The van der Waals surface area contributed by atoms with Crippen LogP contribution in [0.5, 0.6) is 0 Å². The molecule has 0 radical (unpaired) electrons. The number of rotatable bonds is 3. The first-order valence-corrected chi connectivity index (χ1v) is 5.62. The first kappa shape index (κ1) is 10.5. The van der Waals surface area contributed by atoms with Gasteiger partial charge in [0.25, 0.3) is 0 Å². The standard InChI is InChI=1S/C11H17NO3/c1-2-11(4-3-5-11)12-7-8(10(14)15)6-9(12)13/h8H,2-7H2,1H3,(H,14,15). The molecule has 2 aliphatic rings. The average Bonchev–Trinajstić information content (AvgIpc) is 2.48. The first-order valence-electron chi connectivity index (χ1n) is 5.62. The van der Waals surface area contributed by atoms with Crippen LogP contribution in [0.25, 0.3) is 0 Å². The van der Waals surface area contributed by atoms with Gasteiger partial charge in [0.2, 0.25) is 5.91 Å². The van der Waals surface area contributed by atoms with E-state index in [9.17, 15) is 9.59 Å². The molecule has 1 aliphatic carbocycles. The summed E-state index contributed by atoms with van der Waals surface area (Å²) in [5, 5.41) is 8.90. The zero-order valence-corrected chi connectivity index (χ0v) is 9.03. The van der Waals surface area contributed by atoms with Gasteiger partial charge in [-0.05, 0) is 25.7 Å². The number of hydrogen-bond donors (Lipinski definition) is 1. The Bertz CT molecular complexity index is 291. The Morgan fingerprint density at radius 1 is 1.60 bits per heavy atom. The molecule has 1 N–H and O–H groups in total. The summed E-state index contributed by atoms with van der Waals surface area (Å²) in [6, 6.07) is 0. The fourth-order valence-electron chi connectivity index (χ4n) is 2.73. The normalized spacial score (nSPS) is 29.0. The maximum Gasteiger partial charge on any atom is 0.308 e. The lowest BCUT2D eigenvalue weighted by Gasteiger charge is -2.48. The van der Waals surface area contributed by atoms with Crippen LogP contribution in [0.4, 0.5) is 0 Å². The van der Waals surface area contributed by atoms with Crippen molar-refractivity contribution in [3.63, 3.8) is 0 Å². The van der Waals surface area contributed by atoms with Crippen molar-refractivity contribution < 1.29 is 14.7 Å². The second kappa shape index (κ2) is 3.51. The van der Waals surface area contributed by atoms with Crippen molar-refractivity contribution in [1.29, 1.82) is 0 Å². The highest BCUT2D eigenvalue weighted by Crippen LogP contribution is 2.43. The Morgan fingerprint density at radius 2 is 2.27 bits per heavy atom. The average molecular weight is 211 g/mol. The van der Waals surface area contributed by atoms with Crippen LogP contribution < -0.4 is 0 Å². The number of likely N-dealkylation sites (tertiary alicyclic amines) is 1. The molecule has 1 saturated heterocycles. The summed E-state index contributed by atoms with van der Waals surface area (Å²) in [6.07, 6.45) is 4.39. The summed E-state index contributed by atoms with van der Waals surface area (Å²) in [5.41, 5.74) is 0.00127. The molecule has 1 atom stereocenters. The van der Waals surface area contributed by atoms with Crippen molar-refractivity contribution in [2.24, 2.45) is 5.92 Å². The van der Waals surface area contributed by atoms with Crippen molar-refractivity contribution in [2.45, 2.75) is 44.6 Å². The number of amides is 1. The molecule has 1 aliphatic heterocycles. The van der Waals surface area contributed by atoms with Crippen LogP contribution in [0.2, 0.25) is 0 Å². The van der Waals surface area contributed by atoms with E-state index in [-0.39, 0.29) is 17.9 Å². The summed E-state index contributed by atoms with van der Waals surface area (Å²) in [6.45, 7) is 2.50. The molecular formula is C11H17NO3. The number of hydrogen-bond acceptors (Lipinski definition) is 2. The second-order valence-electron chi connectivity index (χ2n) is 4.68. The van der Waals surface area contributed by atoms with E-state index in [1.807, 2.05) is 4.90 Å². The molecule has 4 nitrogen and oxygen atoms in total. The molecule has 1 heterocycles. The zero-order valence-electron chi connectivity index (χ0n) is 9.03. The van der Waals surface area contributed by atoms with Gasteiger partial charge in [0.1, 0.15) is 0 Å². The Hall–Kier alpha value is -1.06. The quantitative estimate of drug-likeness (QED) is 0.764. The minimum absolute atomic E-state index is 0.00127. The monoisotopic (exact) mass is 211 g/mol. The minimum Gasteiger partial charge on any atom is -0.481 e. The number of nitrogens with zero attached hydrogens (tertiary/aromatic N) is 1.